The fourth-order valence-corrected chi connectivity index (χ4v) is 3.84. The Morgan fingerprint density at radius 1 is 1.08 bits per heavy atom. The summed E-state index contributed by atoms with van der Waals surface area (Å²) in [4.78, 5) is 0. The van der Waals surface area contributed by atoms with Gasteiger partial charge < -0.3 is 4.74 Å². The second-order valence-electron chi connectivity index (χ2n) is 5.64. The highest BCUT2D eigenvalue weighted by molar-refractivity contribution is 14.1. The van der Waals surface area contributed by atoms with Crippen LogP contribution >= 0.6 is 34.2 Å². The summed E-state index contributed by atoms with van der Waals surface area (Å²) in [7, 11) is 1.66. The number of methoxy groups -OCH3 is 1. The molecule has 7 heteroatoms. The van der Waals surface area contributed by atoms with Crippen LogP contribution in [-0.2, 0) is 6.54 Å². The number of fused-ring (bicyclic) bond motifs is 1. The monoisotopic (exact) mass is 464 g/mol. The van der Waals surface area contributed by atoms with Crippen LogP contribution in [0.25, 0.3) is 16.6 Å². The summed E-state index contributed by atoms with van der Waals surface area (Å²) < 4.78 is 9.93. The van der Waals surface area contributed by atoms with Gasteiger partial charge in [-0.2, -0.15) is 10.2 Å². The smallest absolute Gasteiger partial charge is 0.118 e. The van der Waals surface area contributed by atoms with Crippen LogP contribution < -0.4 is 4.74 Å². The molecule has 0 saturated heterocycles. The van der Waals surface area contributed by atoms with E-state index < -0.39 is 0 Å². The Balaban J connectivity index is 1.62. The van der Waals surface area contributed by atoms with Crippen LogP contribution in [0.1, 0.15) is 5.56 Å². The van der Waals surface area contributed by atoms with Crippen LogP contribution in [0.5, 0.6) is 5.75 Å². The van der Waals surface area contributed by atoms with Crippen LogP contribution in [0.15, 0.2) is 55.1 Å². The highest BCUT2D eigenvalue weighted by Gasteiger charge is 2.10. The molecule has 0 unspecified atom stereocenters. The molecule has 3 aromatic heterocycles. The first-order valence-corrected chi connectivity index (χ1v) is 9.08. The number of benzene rings is 1. The van der Waals surface area contributed by atoms with Crippen LogP contribution in [-0.4, -0.2) is 26.5 Å². The third-order valence-electron chi connectivity index (χ3n) is 3.99. The first kappa shape index (κ1) is 16.4. The largest absolute Gasteiger partial charge is 0.497 e. The van der Waals surface area contributed by atoms with Gasteiger partial charge in [0.05, 0.1) is 40.2 Å². The van der Waals surface area contributed by atoms with Crippen LogP contribution in [0.2, 0.25) is 5.02 Å². The molecule has 25 heavy (non-hydrogen) atoms. The lowest BCUT2D eigenvalue weighted by Gasteiger charge is -2.04. The summed E-state index contributed by atoms with van der Waals surface area (Å²) >= 11 is 8.65. The number of ether oxygens (including phenoxy) is 1. The maximum absolute atomic E-state index is 6.42. The molecule has 0 atom stereocenters. The van der Waals surface area contributed by atoms with E-state index in [4.69, 9.17) is 16.3 Å². The predicted octanol–water partition coefficient (Wildman–Crippen LogP) is 4.51. The molecule has 0 aliphatic heterocycles. The van der Waals surface area contributed by atoms with Crippen molar-refractivity contribution in [2.45, 2.75) is 6.54 Å². The maximum atomic E-state index is 6.42. The SMILES string of the molecule is COc1ccc(Cn2cc(-c3cc(Cl)c4c(I)cnn4c3)cn2)cc1. The fourth-order valence-electron chi connectivity index (χ4n) is 2.71. The summed E-state index contributed by atoms with van der Waals surface area (Å²) in [5.41, 5.74) is 4.07. The summed E-state index contributed by atoms with van der Waals surface area (Å²) in [6.07, 6.45) is 7.63. The molecule has 4 rings (SSSR count). The van der Waals surface area contributed by atoms with Gasteiger partial charge in [-0.05, 0) is 46.4 Å². The highest BCUT2D eigenvalue weighted by atomic mass is 127. The molecule has 126 valence electrons. The zero-order valence-corrected chi connectivity index (χ0v) is 16.3. The summed E-state index contributed by atoms with van der Waals surface area (Å²) in [5, 5.41) is 9.48. The Hall–Kier alpha value is -2.06. The zero-order valence-electron chi connectivity index (χ0n) is 13.4. The van der Waals surface area contributed by atoms with Gasteiger partial charge in [-0.15, -0.1) is 0 Å². The van der Waals surface area contributed by atoms with Gasteiger partial charge in [0.2, 0.25) is 0 Å². The van der Waals surface area contributed by atoms with E-state index in [0.29, 0.717) is 11.6 Å². The molecule has 4 aromatic rings. The van der Waals surface area contributed by atoms with Gasteiger partial charge in [0, 0.05) is 23.5 Å². The van der Waals surface area contributed by atoms with Crippen molar-refractivity contribution >= 4 is 39.7 Å². The van der Waals surface area contributed by atoms with E-state index in [1.54, 1.807) is 17.8 Å². The van der Waals surface area contributed by atoms with Crippen LogP contribution in [0.3, 0.4) is 0 Å². The van der Waals surface area contributed by atoms with Gasteiger partial charge in [0.1, 0.15) is 5.75 Å². The van der Waals surface area contributed by atoms with Crippen molar-refractivity contribution in [3.8, 4) is 16.9 Å². The van der Waals surface area contributed by atoms with Gasteiger partial charge >= 0.3 is 0 Å². The molecular weight excluding hydrogens is 451 g/mol. The van der Waals surface area contributed by atoms with Crippen molar-refractivity contribution in [2.24, 2.45) is 0 Å². The number of hydrogen-bond acceptors (Lipinski definition) is 3. The van der Waals surface area contributed by atoms with Crippen molar-refractivity contribution in [3.63, 3.8) is 0 Å². The van der Waals surface area contributed by atoms with Gasteiger partial charge in [0.25, 0.3) is 0 Å². The van der Waals surface area contributed by atoms with Crippen molar-refractivity contribution in [1.82, 2.24) is 19.4 Å². The second kappa shape index (κ2) is 6.68. The number of pyridine rings is 1. The summed E-state index contributed by atoms with van der Waals surface area (Å²) in [6, 6.07) is 9.93. The van der Waals surface area contributed by atoms with E-state index in [9.17, 15) is 0 Å². The molecule has 0 bridgehead atoms. The number of halogens is 2. The lowest BCUT2D eigenvalue weighted by atomic mass is 10.1. The quantitative estimate of drug-likeness (QED) is 0.417. The van der Waals surface area contributed by atoms with Crippen molar-refractivity contribution in [3.05, 3.63) is 69.3 Å². The Kier molecular flexibility index (Phi) is 4.39. The van der Waals surface area contributed by atoms with E-state index in [0.717, 1.165) is 31.5 Å². The molecule has 5 nitrogen and oxygen atoms in total. The lowest BCUT2D eigenvalue weighted by molar-refractivity contribution is 0.414. The van der Waals surface area contributed by atoms with Crippen LogP contribution in [0.4, 0.5) is 0 Å². The first-order chi connectivity index (χ1) is 12.1. The Morgan fingerprint density at radius 2 is 1.88 bits per heavy atom. The Bertz CT molecular complexity index is 1040. The van der Waals surface area contributed by atoms with E-state index in [2.05, 4.69) is 32.8 Å². The molecule has 1 aromatic carbocycles. The Morgan fingerprint density at radius 3 is 2.64 bits per heavy atom. The second-order valence-corrected chi connectivity index (χ2v) is 7.21. The van der Waals surface area contributed by atoms with E-state index in [1.165, 1.54) is 0 Å². The zero-order chi connectivity index (χ0) is 17.4. The third-order valence-corrected chi connectivity index (χ3v) is 5.07. The molecule has 0 aliphatic carbocycles. The third kappa shape index (κ3) is 3.23. The molecule has 3 heterocycles. The standard InChI is InChI=1S/C18H14ClIN4O/c1-25-15-4-2-12(3-5-15)9-23-10-14(7-21-23)13-6-16(19)18-17(20)8-22-24(18)11-13/h2-8,10-11H,9H2,1H3. The fraction of sp³-hybridized carbons (Fsp3) is 0.111. The number of aromatic nitrogens is 4. The minimum atomic E-state index is 0.683. The van der Waals surface area contributed by atoms with Crippen LogP contribution in [0, 0.1) is 3.57 Å². The summed E-state index contributed by atoms with van der Waals surface area (Å²) in [5.74, 6) is 0.849. The van der Waals surface area contributed by atoms with Gasteiger partial charge in [-0.3, -0.25) is 4.68 Å². The van der Waals surface area contributed by atoms with E-state index >= 15 is 0 Å². The maximum Gasteiger partial charge on any atom is 0.118 e. The number of hydrogen-bond donors (Lipinski definition) is 0. The molecule has 0 aliphatic rings. The first-order valence-electron chi connectivity index (χ1n) is 7.62. The topological polar surface area (TPSA) is 44.4 Å². The van der Waals surface area contributed by atoms with E-state index in [-0.39, 0.29) is 0 Å². The normalized spacial score (nSPS) is 11.2. The molecule has 0 fully saturated rings. The minimum absolute atomic E-state index is 0.683. The Labute approximate surface area is 163 Å². The molecule has 0 amide bonds. The average Bonchev–Trinajstić information content (AvgIpc) is 3.23. The summed E-state index contributed by atoms with van der Waals surface area (Å²) in [6.45, 7) is 0.694. The van der Waals surface area contributed by atoms with Gasteiger partial charge in [-0.1, -0.05) is 23.7 Å². The average molecular weight is 465 g/mol. The minimum Gasteiger partial charge on any atom is -0.497 e. The van der Waals surface area contributed by atoms with Gasteiger partial charge in [-0.25, -0.2) is 4.52 Å². The predicted molar refractivity (Wildman–Crippen MR) is 106 cm³/mol. The number of nitrogens with zero attached hydrogens (tertiary/aromatic N) is 4. The molecule has 0 radical (unpaired) electrons. The van der Waals surface area contributed by atoms with Crippen molar-refractivity contribution in [2.75, 3.05) is 7.11 Å². The molecule has 0 spiro atoms. The molecule has 0 N–H and O–H groups in total. The number of rotatable bonds is 4. The van der Waals surface area contributed by atoms with Gasteiger partial charge in [0.15, 0.2) is 0 Å². The highest BCUT2D eigenvalue weighted by Crippen LogP contribution is 2.28. The van der Waals surface area contributed by atoms with Crippen molar-refractivity contribution < 1.29 is 4.74 Å². The van der Waals surface area contributed by atoms with E-state index in [1.807, 2.05) is 53.6 Å². The lowest BCUT2D eigenvalue weighted by Crippen LogP contribution is -1.99. The molecule has 0 saturated carbocycles. The van der Waals surface area contributed by atoms with Crippen molar-refractivity contribution in [1.29, 1.82) is 0 Å². The molecular formula is C18H14ClIN4O.